The van der Waals surface area contributed by atoms with E-state index in [9.17, 15) is 13.2 Å². The molecule has 1 saturated heterocycles. The molecule has 162 valence electrons. The third-order valence-electron chi connectivity index (χ3n) is 5.61. The largest absolute Gasteiger partial charge is 0.322 e. The van der Waals surface area contributed by atoms with E-state index >= 15 is 0 Å². The average molecular weight is 447 g/mol. The quantitative estimate of drug-likeness (QED) is 0.502. The molecule has 1 fully saturated rings. The van der Waals surface area contributed by atoms with Crippen molar-refractivity contribution in [1.29, 1.82) is 0 Å². The van der Waals surface area contributed by atoms with E-state index < -0.39 is 10.0 Å². The van der Waals surface area contributed by atoms with Crippen LogP contribution in [0.2, 0.25) is 0 Å². The van der Waals surface area contributed by atoms with Gasteiger partial charge >= 0.3 is 0 Å². The topological polar surface area (TPSA) is 83.8 Å². The number of fused-ring (bicyclic) bond motifs is 1. The lowest BCUT2D eigenvalue weighted by molar-refractivity contribution is 0.102. The van der Waals surface area contributed by atoms with Crippen LogP contribution in [0.25, 0.3) is 16.9 Å². The van der Waals surface area contributed by atoms with E-state index in [1.54, 1.807) is 30.5 Å². The SMILES string of the molecule is O=C(Nc1ccc(S(=O)(=O)N2CCCC2)cc1)c1ccn2cc(-c3ccccc3)nc2c1. The Kier molecular flexibility index (Phi) is 5.24. The number of sulfonamides is 1. The van der Waals surface area contributed by atoms with Crippen molar-refractivity contribution in [2.24, 2.45) is 0 Å². The molecule has 0 aliphatic carbocycles. The van der Waals surface area contributed by atoms with Crippen LogP contribution in [-0.2, 0) is 10.0 Å². The number of nitrogens with one attached hydrogen (secondary N) is 1. The molecule has 1 aliphatic rings. The summed E-state index contributed by atoms with van der Waals surface area (Å²) in [4.78, 5) is 17.6. The standard InChI is InChI=1S/C24H22N4O3S/c29-24(25-20-8-10-21(11-9-20)32(30,31)28-13-4-5-14-28)19-12-15-27-17-22(26-23(27)16-19)18-6-2-1-3-7-18/h1-3,6-12,15-17H,4-5,13-14H2,(H,25,29). The number of pyridine rings is 1. The van der Waals surface area contributed by atoms with Crippen molar-refractivity contribution in [3.8, 4) is 11.3 Å². The Morgan fingerprint density at radius 2 is 1.66 bits per heavy atom. The zero-order valence-corrected chi connectivity index (χ0v) is 18.1. The number of benzene rings is 2. The molecular formula is C24H22N4O3S. The van der Waals surface area contributed by atoms with Gasteiger partial charge in [0.05, 0.1) is 10.6 Å². The molecule has 32 heavy (non-hydrogen) atoms. The van der Waals surface area contributed by atoms with Gasteiger partial charge in [0.2, 0.25) is 10.0 Å². The summed E-state index contributed by atoms with van der Waals surface area (Å²) in [7, 11) is -3.47. The van der Waals surface area contributed by atoms with Crippen molar-refractivity contribution in [3.05, 3.63) is 84.7 Å². The van der Waals surface area contributed by atoms with Crippen molar-refractivity contribution in [2.45, 2.75) is 17.7 Å². The second-order valence-electron chi connectivity index (χ2n) is 7.76. The molecule has 0 radical (unpaired) electrons. The van der Waals surface area contributed by atoms with Gasteiger partial charge in [-0.05, 0) is 49.2 Å². The predicted molar refractivity (Wildman–Crippen MR) is 123 cm³/mol. The first-order valence-electron chi connectivity index (χ1n) is 10.5. The summed E-state index contributed by atoms with van der Waals surface area (Å²) in [5.74, 6) is -0.285. The van der Waals surface area contributed by atoms with E-state index in [0.29, 0.717) is 30.0 Å². The fourth-order valence-corrected chi connectivity index (χ4v) is 5.38. The summed E-state index contributed by atoms with van der Waals surface area (Å²) in [5.41, 5.74) is 3.51. The van der Waals surface area contributed by atoms with Crippen molar-refractivity contribution >= 4 is 27.3 Å². The number of aromatic nitrogens is 2. The van der Waals surface area contributed by atoms with Gasteiger partial charge in [-0.25, -0.2) is 13.4 Å². The maximum Gasteiger partial charge on any atom is 0.255 e. The van der Waals surface area contributed by atoms with Crippen LogP contribution in [0, 0.1) is 0 Å². The van der Waals surface area contributed by atoms with Gasteiger partial charge in [-0.15, -0.1) is 0 Å². The van der Waals surface area contributed by atoms with E-state index in [1.165, 1.54) is 16.4 Å². The van der Waals surface area contributed by atoms with Gasteiger partial charge in [-0.2, -0.15) is 4.31 Å². The van der Waals surface area contributed by atoms with E-state index in [0.717, 1.165) is 24.1 Å². The number of imidazole rings is 1. The number of nitrogens with zero attached hydrogens (tertiary/aromatic N) is 3. The maximum absolute atomic E-state index is 12.8. The summed E-state index contributed by atoms with van der Waals surface area (Å²) in [5, 5.41) is 2.83. The molecule has 1 aliphatic heterocycles. The molecule has 2 aromatic carbocycles. The Bertz CT molecular complexity index is 1370. The highest BCUT2D eigenvalue weighted by molar-refractivity contribution is 7.89. The Morgan fingerprint density at radius 1 is 0.938 bits per heavy atom. The van der Waals surface area contributed by atoms with E-state index in [4.69, 9.17) is 0 Å². The number of amides is 1. The van der Waals surface area contributed by atoms with Crippen LogP contribution in [0.15, 0.2) is 84.0 Å². The molecule has 0 atom stereocenters. The molecule has 0 spiro atoms. The van der Waals surface area contributed by atoms with Gasteiger partial charge in [0, 0.05) is 42.3 Å². The first kappa shape index (κ1) is 20.4. The van der Waals surface area contributed by atoms with Crippen LogP contribution < -0.4 is 5.32 Å². The number of hydrogen-bond donors (Lipinski definition) is 1. The molecule has 5 rings (SSSR count). The highest BCUT2D eigenvalue weighted by Crippen LogP contribution is 2.23. The number of carbonyl (C=O) groups excluding carboxylic acids is 1. The minimum Gasteiger partial charge on any atom is -0.322 e. The van der Waals surface area contributed by atoms with Gasteiger partial charge in [0.15, 0.2) is 0 Å². The summed E-state index contributed by atoms with van der Waals surface area (Å²) < 4.78 is 28.7. The van der Waals surface area contributed by atoms with Crippen LogP contribution >= 0.6 is 0 Å². The van der Waals surface area contributed by atoms with Crippen LogP contribution in [0.3, 0.4) is 0 Å². The molecule has 0 unspecified atom stereocenters. The van der Waals surface area contributed by atoms with Gasteiger partial charge in [0.1, 0.15) is 5.65 Å². The van der Waals surface area contributed by atoms with E-state index in [2.05, 4.69) is 10.3 Å². The van der Waals surface area contributed by atoms with Crippen molar-refractivity contribution in [3.63, 3.8) is 0 Å². The van der Waals surface area contributed by atoms with Gasteiger partial charge < -0.3 is 9.72 Å². The summed E-state index contributed by atoms with van der Waals surface area (Å²) in [6.45, 7) is 1.12. The van der Waals surface area contributed by atoms with Crippen molar-refractivity contribution in [2.75, 3.05) is 18.4 Å². The second kappa shape index (κ2) is 8.22. The Morgan fingerprint density at radius 3 is 2.38 bits per heavy atom. The lowest BCUT2D eigenvalue weighted by Crippen LogP contribution is -2.27. The zero-order valence-electron chi connectivity index (χ0n) is 17.3. The van der Waals surface area contributed by atoms with Gasteiger partial charge in [0.25, 0.3) is 5.91 Å². The Hall–Kier alpha value is -3.49. The highest BCUT2D eigenvalue weighted by atomic mass is 32.2. The molecule has 1 amide bonds. The molecule has 0 bridgehead atoms. The van der Waals surface area contributed by atoms with Crippen molar-refractivity contribution < 1.29 is 13.2 Å². The van der Waals surface area contributed by atoms with Crippen LogP contribution in [0.1, 0.15) is 23.2 Å². The number of hydrogen-bond acceptors (Lipinski definition) is 4. The van der Waals surface area contributed by atoms with Crippen molar-refractivity contribution in [1.82, 2.24) is 13.7 Å². The fourth-order valence-electron chi connectivity index (χ4n) is 3.86. The Balaban J connectivity index is 1.33. The molecular weight excluding hydrogens is 424 g/mol. The molecule has 3 heterocycles. The normalized spacial score (nSPS) is 14.6. The number of anilines is 1. The molecule has 7 nitrogen and oxygen atoms in total. The fraction of sp³-hybridized carbons (Fsp3) is 0.167. The minimum absolute atomic E-state index is 0.240. The lowest BCUT2D eigenvalue weighted by atomic mass is 10.2. The maximum atomic E-state index is 12.8. The minimum atomic E-state index is -3.47. The smallest absolute Gasteiger partial charge is 0.255 e. The third kappa shape index (κ3) is 3.90. The second-order valence-corrected chi connectivity index (χ2v) is 9.70. The van der Waals surface area contributed by atoms with Crippen LogP contribution in [0.4, 0.5) is 5.69 Å². The summed E-state index contributed by atoms with van der Waals surface area (Å²) in [6, 6.07) is 19.6. The average Bonchev–Trinajstić information content (AvgIpc) is 3.50. The lowest BCUT2D eigenvalue weighted by Gasteiger charge is -2.15. The molecule has 4 aromatic rings. The number of carbonyl (C=O) groups is 1. The summed E-state index contributed by atoms with van der Waals surface area (Å²) >= 11 is 0. The highest BCUT2D eigenvalue weighted by Gasteiger charge is 2.27. The molecule has 2 aromatic heterocycles. The van der Waals surface area contributed by atoms with Crippen LogP contribution in [-0.4, -0.2) is 41.1 Å². The molecule has 0 saturated carbocycles. The van der Waals surface area contributed by atoms with Gasteiger partial charge in [-0.3, -0.25) is 4.79 Å². The number of rotatable bonds is 5. The van der Waals surface area contributed by atoms with E-state index in [1.807, 2.05) is 40.9 Å². The molecule has 8 heteroatoms. The van der Waals surface area contributed by atoms with Gasteiger partial charge in [-0.1, -0.05) is 30.3 Å². The summed E-state index contributed by atoms with van der Waals surface area (Å²) in [6.07, 6.45) is 5.50. The predicted octanol–water partition coefficient (Wildman–Crippen LogP) is 4.04. The zero-order chi connectivity index (χ0) is 22.1. The van der Waals surface area contributed by atoms with E-state index in [-0.39, 0.29) is 10.8 Å². The van der Waals surface area contributed by atoms with Crippen LogP contribution in [0.5, 0.6) is 0 Å². The first-order valence-corrected chi connectivity index (χ1v) is 11.9. The first-order chi connectivity index (χ1) is 15.5. The molecule has 1 N–H and O–H groups in total. The Labute approximate surface area is 186 Å². The third-order valence-corrected chi connectivity index (χ3v) is 7.52. The monoisotopic (exact) mass is 446 g/mol.